The van der Waals surface area contributed by atoms with Crippen molar-refractivity contribution < 1.29 is 23.9 Å². The molecule has 1 saturated carbocycles. The lowest BCUT2D eigenvalue weighted by atomic mass is 10.00. The van der Waals surface area contributed by atoms with Crippen molar-refractivity contribution in [1.29, 1.82) is 0 Å². The molecule has 0 bridgehead atoms. The Morgan fingerprint density at radius 2 is 1.54 bits per heavy atom. The van der Waals surface area contributed by atoms with Crippen LogP contribution in [0.3, 0.4) is 0 Å². The summed E-state index contributed by atoms with van der Waals surface area (Å²) in [6, 6.07) is 33.0. The van der Waals surface area contributed by atoms with E-state index in [0.717, 1.165) is 24.1 Å². The molecule has 4 aromatic carbocycles. The van der Waals surface area contributed by atoms with Crippen LogP contribution in [0.2, 0.25) is 0 Å². The number of ketones is 1. The number of para-hydroxylation sites is 1. The van der Waals surface area contributed by atoms with Gasteiger partial charge in [0, 0.05) is 42.4 Å². The van der Waals surface area contributed by atoms with Crippen molar-refractivity contribution in [3.05, 3.63) is 138 Å². The predicted molar refractivity (Wildman–Crippen MR) is 181 cm³/mol. The summed E-state index contributed by atoms with van der Waals surface area (Å²) in [5.41, 5.74) is 3.54. The maximum absolute atomic E-state index is 13.2. The summed E-state index contributed by atoms with van der Waals surface area (Å²) < 4.78 is 11.1. The Kier molecular flexibility index (Phi) is 11.4. The minimum Gasteiger partial charge on any atom is -0.494 e. The molecule has 1 aliphatic carbocycles. The van der Waals surface area contributed by atoms with Crippen LogP contribution in [0.1, 0.15) is 46.3 Å². The highest BCUT2D eigenvalue weighted by Gasteiger charge is 2.26. The number of nitrogens with zero attached hydrogens (tertiary/aromatic N) is 1. The van der Waals surface area contributed by atoms with Gasteiger partial charge in [-0.2, -0.15) is 0 Å². The van der Waals surface area contributed by atoms with E-state index in [1.807, 2.05) is 89.8 Å². The molecule has 46 heavy (non-hydrogen) atoms. The molecule has 4 aromatic rings. The molecule has 0 aliphatic heterocycles. The van der Waals surface area contributed by atoms with Gasteiger partial charge in [-0.05, 0) is 66.6 Å². The lowest BCUT2D eigenvalue weighted by Gasteiger charge is -2.21. The van der Waals surface area contributed by atoms with E-state index in [4.69, 9.17) is 9.47 Å². The molecule has 0 heterocycles. The van der Waals surface area contributed by atoms with Crippen molar-refractivity contribution in [2.24, 2.45) is 5.92 Å². The maximum Gasteiger partial charge on any atom is 0.328 e. The van der Waals surface area contributed by atoms with Gasteiger partial charge in [-0.1, -0.05) is 84.9 Å². The van der Waals surface area contributed by atoms with E-state index >= 15 is 0 Å². The quantitative estimate of drug-likeness (QED) is 0.0643. The van der Waals surface area contributed by atoms with Crippen LogP contribution in [0.15, 0.2) is 115 Å². The molecule has 7 nitrogen and oxygen atoms in total. The first-order valence-electron chi connectivity index (χ1n) is 15.8. The summed E-state index contributed by atoms with van der Waals surface area (Å²) in [5.74, 6) is 0.794. The summed E-state index contributed by atoms with van der Waals surface area (Å²) in [5, 5.41) is 3.25. The van der Waals surface area contributed by atoms with E-state index in [-0.39, 0.29) is 11.7 Å². The molecule has 1 N–H and O–H groups in total. The highest BCUT2D eigenvalue weighted by Crippen LogP contribution is 2.30. The van der Waals surface area contributed by atoms with Gasteiger partial charge in [0.05, 0.1) is 13.7 Å². The van der Waals surface area contributed by atoms with Crippen LogP contribution < -0.4 is 10.1 Å². The fourth-order valence-corrected chi connectivity index (χ4v) is 5.22. The van der Waals surface area contributed by atoms with E-state index in [0.29, 0.717) is 48.1 Å². The number of ether oxygens (including phenoxy) is 2. The second-order valence-corrected chi connectivity index (χ2v) is 11.5. The number of nitrogens with one attached hydrogen (secondary N) is 1. The Bertz CT molecular complexity index is 1620. The van der Waals surface area contributed by atoms with Gasteiger partial charge in [0.15, 0.2) is 5.78 Å². The van der Waals surface area contributed by atoms with Gasteiger partial charge < -0.3 is 19.7 Å². The van der Waals surface area contributed by atoms with Gasteiger partial charge >= 0.3 is 5.97 Å². The van der Waals surface area contributed by atoms with Crippen molar-refractivity contribution in [2.45, 2.75) is 31.7 Å². The molecule has 5 rings (SSSR count). The maximum atomic E-state index is 13.2. The van der Waals surface area contributed by atoms with Crippen LogP contribution in [-0.2, 0) is 20.7 Å². The van der Waals surface area contributed by atoms with Gasteiger partial charge in [-0.3, -0.25) is 9.59 Å². The predicted octanol–water partition coefficient (Wildman–Crippen LogP) is 6.83. The zero-order valence-corrected chi connectivity index (χ0v) is 26.1. The van der Waals surface area contributed by atoms with Crippen LogP contribution >= 0.6 is 0 Å². The molecule has 0 radical (unpaired) electrons. The minimum absolute atomic E-state index is 0.0286. The minimum atomic E-state index is -0.701. The van der Waals surface area contributed by atoms with Gasteiger partial charge in [0.2, 0.25) is 5.91 Å². The molecule has 236 valence electrons. The molecule has 1 amide bonds. The van der Waals surface area contributed by atoms with Crippen molar-refractivity contribution >= 4 is 29.4 Å². The van der Waals surface area contributed by atoms with Crippen molar-refractivity contribution in [1.82, 2.24) is 4.90 Å². The van der Waals surface area contributed by atoms with Crippen LogP contribution in [0.25, 0.3) is 6.08 Å². The number of methoxy groups -OCH3 is 1. The second-order valence-electron chi connectivity index (χ2n) is 11.5. The molecule has 0 saturated heterocycles. The number of hydrogen-bond acceptors (Lipinski definition) is 6. The SMILES string of the molecule is COC(=O)[C@H](Cc1ccc(OCCCN(CC2CC2)C(=O)/C=C/c2ccccc2)cc1)Nc1ccccc1C(=O)c1ccccc1. The average Bonchev–Trinajstić information content (AvgIpc) is 3.93. The number of rotatable bonds is 16. The number of carbonyl (C=O) groups is 3. The Balaban J connectivity index is 1.15. The molecule has 1 atom stereocenters. The summed E-state index contributed by atoms with van der Waals surface area (Å²) >= 11 is 0. The van der Waals surface area contributed by atoms with E-state index in [2.05, 4.69) is 5.32 Å². The highest BCUT2D eigenvalue weighted by molar-refractivity contribution is 6.12. The lowest BCUT2D eigenvalue weighted by molar-refractivity contribution is -0.141. The first-order chi connectivity index (χ1) is 22.5. The summed E-state index contributed by atoms with van der Waals surface area (Å²) in [7, 11) is 1.36. The molecular formula is C39H40N2O5. The number of hydrogen-bond donors (Lipinski definition) is 1. The lowest BCUT2D eigenvalue weighted by Crippen LogP contribution is -2.33. The first-order valence-corrected chi connectivity index (χ1v) is 15.8. The Morgan fingerprint density at radius 1 is 0.870 bits per heavy atom. The number of esters is 1. The van der Waals surface area contributed by atoms with Gasteiger partial charge in [0.1, 0.15) is 11.8 Å². The van der Waals surface area contributed by atoms with Gasteiger partial charge in [-0.25, -0.2) is 4.79 Å². The van der Waals surface area contributed by atoms with Crippen molar-refractivity contribution in [3.8, 4) is 5.75 Å². The van der Waals surface area contributed by atoms with Crippen molar-refractivity contribution in [3.63, 3.8) is 0 Å². The van der Waals surface area contributed by atoms with Gasteiger partial charge in [-0.15, -0.1) is 0 Å². The molecule has 7 heteroatoms. The zero-order valence-electron chi connectivity index (χ0n) is 26.1. The van der Waals surface area contributed by atoms with Crippen molar-refractivity contribution in [2.75, 3.05) is 32.1 Å². The Morgan fingerprint density at radius 3 is 2.24 bits per heavy atom. The van der Waals surface area contributed by atoms with Gasteiger partial charge in [0.25, 0.3) is 0 Å². The molecule has 0 aromatic heterocycles. The first kappa shape index (κ1) is 32.2. The summed E-state index contributed by atoms with van der Waals surface area (Å²) in [6.07, 6.45) is 6.96. The third-order valence-electron chi connectivity index (χ3n) is 7.93. The topological polar surface area (TPSA) is 84.9 Å². The number of carbonyl (C=O) groups excluding carboxylic acids is 3. The van der Waals surface area contributed by atoms with E-state index < -0.39 is 12.0 Å². The number of benzene rings is 4. The molecule has 1 fully saturated rings. The normalized spacial score (nSPS) is 13.2. The standard InChI is InChI=1S/C39H40N2O5/c1-45-39(44)36(40-35-16-9-8-15-34(35)38(43)32-13-6-3-7-14-32)27-30-19-22-33(23-20-30)46-26-10-25-41(28-31-17-18-31)37(42)24-21-29-11-4-2-5-12-29/h2-9,11-16,19-24,31,36,40H,10,17-18,25-28H2,1H3/b24-21+/t36-/m0/s1. The summed E-state index contributed by atoms with van der Waals surface area (Å²) in [4.78, 5) is 40.8. The fraction of sp³-hybridized carbons (Fsp3) is 0.256. The average molecular weight is 617 g/mol. The monoisotopic (exact) mass is 616 g/mol. The van der Waals surface area contributed by atoms with Crippen LogP contribution in [0.4, 0.5) is 5.69 Å². The molecule has 1 aliphatic rings. The third-order valence-corrected chi connectivity index (χ3v) is 7.93. The van der Waals surface area contributed by atoms with E-state index in [9.17, 15) is 14.4 Å². The second kappa shape index (κ2) is 16.2. The molecule has 0 spiro atoms. The zero-order chi connectivity index (χ0) is 32.1. The third kappa shape index (κ3) is 9.41. The Hall–Kier alpha value is -5.17. The number of amides is 1. The summed E-state index contributed by atoms with van der Waals surface area (Å²) in [6.45, 7) is 1.90. The highest BCUT2D eigenvalue weighted by atomic mass is 16.5. The van der Waals surface area contributed by atoms with Crippen LogP contribution in [0, 0.1) is 5.92 Å². The van der Waals surface area contributed by atoms with Crippen LogP contribution in [0.5, 0.6) is 5.75 Å². The van der Waals surface area contributed by atoms with E-state index in [1.54, 1.807) is 36.4 Å². The molecule has 0 unspecified atom stereocenters. The Labute approximate surface area is 270 Å². The van der Waals surface area contributed by atoms with Crippen LogP contribution in [-0.4, -0.2) is 55.4 Å². The largest absolute Gasteiger partial charge is 0.494 e. The smallest absolute Gasteiger partial charge is 0.328 e. The van der Waals surface area contributed by atoms with E-state index in [1.165, 1.54) is 20.0 Å². The fourth-order valence-electron chi connectivity index (χ4n) is 5.22. The number of anilines is 1. The molecular weight excluding hydrogens is 576 g/mol.